The average Bonchev–Trinajstić information content (AvgIpc) is 2.99. The molecule has 1 aromatic carbocycles. The summed E-state index contributed by atoms with van der Waals surface area (Å²) in [5, 5.41) is 11.8. The lowest BCUT2D eigenvalue weighted by Gasteiger charge is -2.14. The first kappa shape index (κ1) is 25.1. The number of nitrogens with zero attached hydrogens (tertiary/aromatic N) is 2. The Kier molecular flexibility index (Phi) is 9.39. The highest BCUT2D eigenvalue weighted by molar-refractivity contribution is 6.21. The molecule has 1 aliphatic heterocycles. The SMILES string of the molecule is Cl.O=C(O)Cn1cc(NCCOCCOCCN2C(=O)c3ccccc3C2=O)ccc1=O. The second kappa shape index (κ2) is 12.0. The highest BCUT2D eigenvalue weighted by atomic mass is 35.5. The molecular formula is C21H24ClN3O7. The number of benzene rings is 1. The van der Waals surface area contributed by atoms with Gasteiger partial charge in [0, 0.05) is 18.8 Å². The number of imide groups is 1. The smallest absolute Gasteiger partial charge is 0.323 e. The molecule has 3 rings (SSSR count). The summed E-state index contributed by atoms with van der Waals surface area (Å²) in [6.07, 6.45) is 1.44. The zero-order valence-corrected chi connectivity index (χ0v) is 18.0. The third-order valence-corrected chi connectivity index (χ3v) is 4.57. The van der Waals surface area contributed by atoms with Crippen LogP contribution in [0.1, 0.15) is 20.7 Å². The summed E-state index contributed by atoms with van der Waals surface area (Å²) in [7, 11) is 0. The normalized spacial score (nSPS) is 12.4. The quantitative estimate of drug-likeness (QED) is 0.352. The van der Waals surface area contributed by atoms with Gasteiger partial charge in [-0.3, -0.25) is 24.1 Å². The van der Waals surface area contributed by atoms with E-state index in [4.69, 9.17) is 14.6 Å². The predicted octanol–water partition coefficient (Wildman–Crippen LogP) is 1.10. The third-order valence-electron chi connectivity index (χ3n) is 4.57. The number of aromatic nitrogens is 1. The number of carbonyl (C=O) groups excluding carboxylic acids is 2. The van der Waals surface area contributed by atoms with Crippen molar-refractivity contribution in [3.8, 4) is 0 Å². The largest absolute Gasteiger partial charge is 0.480 e. The Morgan fingerprint density at radius 2 is 1.53 bits per heavy atom. The molecule has 2 amide bonds. The van der Waals surface area contributed by atoms with Gasteiger partial charge in [-0.1, -0.05) is 12.1 Å². The zero-order valence-electron chi connectivity index (χ0n) is 17.2. The van der Waals surface area contributed by atoms with Crippen LogP contribution < -0.4 is 10.9 Å². The molecule has 0 saturated carbocycles. The van der Waals surface area contributed by atoms with Gasteiger partial charge in [-0.15, -0.1) is 12.4 Å². The number of aliphatic carboxylic acids is 1. The molecule has 0 fully saturated rings. The number of carbonyl (C=O) groups is 3. The number of fused-ring (bicyclic) bond motifs is 1. The van der Waals surface area contributed by atoms with Crippen LogP contribution in [0.2, 0.25) is 0 Å². The summed E-state index contributed by atoms with van der Waals surface area (Å²) < 4.78 is 12.0. The van der Waals surface area contributed by atoms with E-state index in [2.05, 4.69) is 5.32 Å². The van der Waals surface area contributed by atoms with Crippen LogP contribution in [-0.4, -0.2) is 71.9 Å². The standard InChI is InChI=1S/C21H23N3O7.ClH/c25-18-6-5-15(13-23(18)14-19(26)27)22-7-9-30-11-12-31-10-8-24-20(28)16-3-1-2-4-17(16)21(24)29;/h1-6,13,22H,7-12,14H2,(H,26,27);1H. The van der Waals surface area contributed by atoms with Gasteiger partial charge in [-0.05, 0) is 18.2 Å². The van der Waals surface area contributed by atoms with Crippen molar-refractivity contribution in [3.05, 3.63) is 64.1 Å². The maximum Gasteiger partial charge on any atom is 0.323 e. The fourth-order valence-corrected chi connectivity index (χ4v) is 3.09. The van der Waals surface area contributed by atoms with Crippen molar-refractivity contribution in [1.29, 1.82) is 0 Å². The van der Waals surface area contributed by atoms with Gasteiger partial charge in [0.25, 0.3) is 17.4 Å². The molecule has 0 bridgehead atoms. The number of carboxylic acids is 1. The number of carboxylic acid groups (broad SMARTS) is 1. The molecule has 172 valence electrons. The molecule has 11 heteroatoms. The van der Waals surface area contributed by atoms with Gasteiger partial charge in [0.15, 0.2) is 0 Å². The van der Waals surface area contributed by atoms with Crippen molar-refractivity contribution in [1.82, 2.24) is 9.47 Å². The first-order valence-electron chi connectivity index (χ1n) is 9.74. The molecule has 0 radical (unpaired) electrons. The molecule has 2 heterocycles. The molecule has 2 aromatic rings. The summed E-state index contributed by atoms with van der Waals surface area (Å²) in [6.45, 7) is 1.48. The van der Waals surface area contributed by atoms with Crippen LogP contribution >= 0.6 is 12.4 Å². The molecule has 10 nitrogen and oxygen atoms in total. The van der Waals surface area contributed by atoms with E-state index >= 15 is 0 Å². The molecule has 32 heavy (non-hydrogen) atoms. The second-order valence-corrected chi connectivity index (χ2v) is 6.74. The monoisotopic (exact) mass is 465 g/mol. The van der Waals surface area contributed by atoms with Crippen LogP contribution in [-0.2, 0) is 20.8 Å². The van der Waals surface area contributed by atoms with Crippen LogP contribution in [0, 0.1) is 0 Å². The van der Waals surface area contributed by atoms with E-state index in [1.54, 1.807) is 30.3 Å². The van der Waals surface area contributed by atoms with Crippen molar-refractivity contribution in [2.75, 3.05) is 44.8 Å². The maximum atomic E-state index is 12.2. The number of hydrogen-bond donors (Lipinski definition) is 2. The van der Waals surface area contributed by atoms with E-state index in [0.29, 0.717) is 43.2 Å². The maximum absolute atomic E-state index is 12.2. The molecule has 0 spiro atoms. The summed E-state index contributed by atoms with van der Waals surface area (Å²) in [6, 6.07) is 9.60. The highest BCUT2D eigenvalue weighted by Crippen LogP contribution is 2.21. The number of rotatable bonds is 12. The Balaban J connectivity index is 0.00000363. The van der Waals surface area contributed by atoms with Gasteiger partial charge in [0.2, 0.25) is 0 Å². The minimum absolute atomic E-state index is 0. The number of hydrogen-bond acceptors (Lipinski definition) is 7. The number of amides is 2. The van der Waals surface area contributed by atoms with Crippen molar-refractivity contribution in [3.63, 3.8) is 0 Å². The van der Waals surface area contributed by atoms with Gasteiger partial charge in [0.05, 0.1) is 49.8 Å². The lowest BCUT2D eigenvalue weighted by Crippen LogP contribution is -2.33. The van der Waals surface area contributed by atoms with Crippen molar-refractivity contribution in [2.45, 2.75) is 6.54 Å². The first-order valence-corrected chi connectivity index (χ1v) is 9.74. The molecule has 1 aliphatic rings. The van der Waals surface area contributed by atoms with Crippen LogP contribution in [0.3, 0.4) is 0 Å². The average molecular weight is 466 g/mol. The topological polar surface area (TPSA) is 127 Å². The van der Waals surface area contributed by atoms with Crippen molar-refractivity contribution >= 4 is 35.9 Å². The van der Waals surface area contributed by atoms with E-state index in [0.717, 1.165) is 4.57 Å². The summed E-state index contributed by atoms with van der Waals surface area (Å²) >= 11 is 0. The van der Waals surface area contributed by atoms with Gasteiger partial charge in [-0.25, -0.2) is 0 Å². The van der Waals surface area contributed by atoms with Gasteiger partial charge >= 0.3 is 5.97 Å². The molecule has 1 aromatic heterocycles. The van der Waals surface area contributed by atoms with E-state index in [1.165, 1.54) is 17.2 Å². The van der Waals surface area contributed by atoms with Crippen molar-refractivity contribution < 1.29 is 29.0 Å². The van der Waals surface area contributed by atoms with Crippen LogP contribution in [0.5, 0.6) is 0 Å². The Morgan fingerprint density at radius 1 is 0.906 bits per heavy atom. The number of halogens is 1. The molecule has 0 saturated heterocycles. The molecule has 2 N–H and O–H groups in total. The number of anilines is 1. The third kappa shape index (κ3) is 6.39. The predicted molar refractivity (Wildman–Crippen MR) is 118 cm³/mol. The lowest BCUT2D eigenvalue weighted by atomic mass is 10.1. The Labute approximate surface area is 190 Å². The van der Waals surface area contributed by atoms with E-state index in [-0.39, 0.29) is 42.9 Å². The molecular weight excluding hydrogens is 442 g/mol. The minimum atomic E-state index is -1.09. The van der Waals surface area contributed by atoms with Gasteiger partial charge in [0.1, 0.15) is 6.54 Å². The molecule has 0 atom stereocenters. The fourth-order valence-electron chi connectivity index (χ4n) is 3.09. The fraction of sp³-hybridized carbons (Fsp3) is 0.333. The van der Waals surface area contributed by atoms with E-state index in [1.807, 2.05) is 0 Å². The number of nitrogens with one attached hydrogen (secondary N) is 1. The van der Waals surface area contributed by atoms with Gasteiger partial charge in [-0.2, -0.15) is 0 Å². The highest BCUT2D eigenvalue weighted by Gasteiger charge is 2.34. The van der Waals surface area contributed by atoms with Crippen LogP contribution in [0.25, 0.3) is 0 Å². The summed E-state index contributed by atoms with van der Waals surface area (Å²) in [5.41, 5.74) is 1.06. The number of pyridine rings is 1. The van der Waals surface area contributed by atoms with Crippen LogP contribution in [0.15, 0.2) is 47.4 Å². The van der Waals surface area contributed by atoms with Crippen LogP contribution in [0.4, 0.5) is 5.69 Å². The first-order chi connectivity index (χ1) is 15.0. The minimum Gasteiger partial charge on any atom is -0.480 e. The zero-order chi connectivity index (χ0) is 22.2. The second-order valence-electron chi connectivity index (χ2n) is 6.74. The Bertz CT molecular complexity index is 989. The Morgan fingerprint density at radius 3 is 2.16 bits per heavy atom. The number of ether oxygens (including phenoxy) is 2. The van der Waals surface area contributed by atoms with Gasteiger partial charge < -0.3 is 24.5 Å². The molecule has 0 unspecified atom stereocenters. The summed E-state index contributed by atoms with van der Waals surface area (Å²) in [4.78, 5) is 48.0. The van der Waals surface area contributed by atoms with Crippen molar-refractivity contribution in [2.24, 2.45) is 0 Å². The summed E-state index contributed by atoms with van der Waals surface area (Å²) in [5.74, 6) is -1.70. The molecule has 0 aliphatic carbocycles. The Hall–Kier alpha value is -3.21. The van der Waals surface area contributed by atoms with E-state index in [9.17, 15) is 19.2 Å². The van der Waals surface area contributed by atoms with E-state index < -0.39 is 12.5 Å². The lowest BCUT2D eigenvalue weighted by molar-refractivity contribution is -0.137.